The van der Waals surface area contributed by atoms with Crippen molar-refractivity contribution in [3.63, 3.8) is 0 Å². The van der Waals surface area contributed by atoms with Crippen LogP contribution in [0.3, 0.4) is 0 Å². The normalized spacial score (nSPS) is 14.2. The number of carbonyl (C=O) groups excluding carboxylic acids is 1. The molecule has 0 aromatic heterocycles. The fourth-order valence-corrected chi connectivity index (χ4v) is 1.90. The maximum atomic E-state index is 12.7. The summed E-state index contributed by atoms with van der Waals surface area (Å²) in [5.74, 6) is 0. The lowest BCUT2D eigenvalue weighted by molar-refractivity contribution is -0.532. The molecule has 0 N–H and O–H groups in total. The van der Waals surface area contributed by atoms with Gasteiger partial charge in [0.1, 0.15) is 12.6 Å². The van der Waals surface area contributed by atoms with Gasteiger partial charge in [0.2, 0.25) is 0 Å². The van der Waals surface area contributed by atoms with Crippen LogP contribution < -0.4 is 10.0 Å². The molecule has 0 aliphatic rings. The summed E-state index contributed by atoms with van der Waals surface area (Å²) in [7, 11) is 0. The second-order valence-electron chi connectivity index (χ2n) is 4.43. The van der Waals surface area contributed by atoms with E-state index in [1.54, 1.807) is 0 Å². The summed E-state index contributed by atoms with van der Waals surface area (Å²) in [5, 5.41) is 22.2. The predicted molar refractivity (Wildman–Crippen MR) is 73.1 cm³/mol. The molecular formula is C12H11BrF3N2O4-. The number of alkyl halides is 4. The summed E-state index contributed by atoms with van der Waals surface area (Å²) in [6, 6.07) is 3.49. The first kappa shape index (κ1) is 18.2. The number of carboxylic acid groups (broad SMARTS) is 1. The molecule has 1 aromatic carbocycles. The molecule has 122 valence electrons. The van der Waals surface area contributed by atoms with Crippen molar-refractivity contribution in [3.8, 4) is 0 Å². The third-order valence-corrected chi connectivity index (χ3v) is 4.08. The summed E-state index contributed by atoms with van der Waals surface area (Å²) < 4.78 is 36.2. The van der Waals surface area contributed by atoms with Gasteiger partial charge in [-0.2, -0.15) is 13.2 Å². The molecule has 1 unspecified atom stereocenters. The molecule has 0 spiro atoms. The van der Waals surface area contributed by atoms with E-state index in [4.69, 9.17) is 0 Å². The van der Waals surface area contributed by atoms with Crippen molar-refractivity contribution in [3.05, 3.63) is 39.9 Å². The van der Waals surface area contributed by atoms with Crippen molar-refractivity contribution >= 4 is 27.7 Å². The predicted octanol–water partition coefficient (Wildman–Crippen LogP) is 2.63. The summed E-state index contributed by atoms with van der Waals surface area (Å²) in [5.41, 5.74) is -1.41. The number of amides is 1. The van der Waals surface area contributed by atoms with Gasteiger partial charge in [0.05, 0.1) is 5.56 Å². The van der Waals surface area contributed by atoms with Crippen LogP contribution in [0.15, 0.2) is 24.3 Å². The lowest BCUT2D eigenvalue weighted by atomic mass is 10.1. The minimum atomic E-state index is -4.66. The van der Waals surface area contributed by atoms with Crippen molar-refractivity contribution in [2.24, 2.45) is 0 Å². The van der Waals surface area contributed by atoms with E-state index in [1.165, 1.54) is 6.92 Å². The largest absolute Gasteiger partial charge is 0.530 e. The zero-order valence-corrected chi connectivity index (χ0v) is 12.8. The average molecular weight is 384 g/mol. The molecule has 10 heteroatoms. The standard InChI is InChI=1S/C12H12BrF3N2O4/c1-2-11(13,18(21)22)7-17(10(19)20)9-5-3-4-8(6-9)12(14,15)16/h3-6H,2,7H2,1H3,(H,19,20)/p-1. The Morgan fingerprint density at radius 1 is 1.41 bits per heavy atom. The molecule has 0 fully saturated rings. The summed E-state index contributed by atoms with van der Waals surface area (Å²) in [6.07, 6.45) is -6.58. The maximum Gasteiger partial charge on any atom is 0.416 e. The first-order valence-corrected chi connectivity index (χ1v) is 6.79. The maximum absolute atomic E-state index is 12.7. The van der Waals surface area contributed by atoms with E-state index in [0.717, 1.165) is 18.2 Å². The van der Waals surface area contributed by atoms with E-state index < -0.39 is 33.7 Å². The van der Waals surface area contributed by atoms with Gasteiger partial charge in [-0.15, -0.1) is 0 Å². The molecule has 1 aromatic rings. The highest BCUT2D eigenvalue weighted by Gasteiger charge is 2.40. The highest BCUT2D eigenvalue weighted by atomic mass is 79.9. The molecule has 0 heterocycles. The molecule has 0 aliphatic carbocycles. The van der Waals surface area contributed by atoms with Gasteiger partial charge in [-0.05, 0) is 18.2 Å². The zero-order valence-electron chi connectivity index (χ0n) is 11.3. The SMILES string of the molecule is CCC(Br)(CN(C(=O)[O-])c1cccc(C(F)(F)F)c1)[N+](=O)[O-]. The monoisotopic (exact) mass is 383 g/mol. The number of benzene rings is 1. The molecule has 0 aliphatic heterocycles. The third-order valence-electron chi connectivity index (χ3n) is 2.97. The highest BCUT2D eigenvalue weighted by Crippen LogP contribution is 2.33. The van der Waals surface area contributed by atoms with Crippen LogP contribution in [0.2, 0.25) is 0 Å². The number of halogens is 4. The molecule has 0 saturated carbocycles. The van der Waals surface area contributed by atoms with Crippen LogP contribution in [0.4, 0.5) is 23.7 Å². The van der Waals surface area contributed by atoms with Gasteiger partial charge in [0, 0.05) is 33.0 Å². The van der Waals surface area contributed by atoms with Crippen molar-refractivity contribution in [1.82, 2.24) is 0 Å². The first-order chi connectivity index (χ1) is 10.0. The van der Waals surface area contributed by atoms with Crippen LogP contribution in [-0.4, -0.2) is 22.0 Å². The van der Waals surface area contributed by atoms with Gasteiger partial charge >= 0.3 is 6.18 Å². The number of anilines is 1. The van der Waals surface area contributed by atoms with E-state index >= 15 is 0 Å². The smallest absolute Gasteiger partial charge is 0.416 e. The average Bonchev–Trinajstić information content (AvgIpc) is 2.43. The Bertz CT molecular complexity index is 582. The molecule has 1 atom stereocenters. The fraction of sp³-hybridized carbons (Fsp3) is 0.417. The molecule has 22 heavy (non-hydrogen) atoms. The van der Waals surface area contributed by atoms with Gasteiger partial charge in [-0.1, -0.05) is 13.0 Å². The number of nitro groups is 1. The van der Waals surface area contributed by atoms with Crippen LogP contribution >= 0.6 is 15.9 Å². The molecule has 0 radical (unpaired) electrons. The van der Waals surface area contributed by atoms with Crippen molar-refractivity contribution in [1.29, 1.82) is 0 Å². The van der Waals surface area contributed by atoms with E-state index in [0.29, 0.717) is 11.0 Å². The van der Waals surface area contributed by atoms with Gasteiger partial charge < -0.3 is 14.8 Å². The Labute approximate surface area is 131 Å². The quantitative estimate of drug-likeness (QED) is 0.338. The van der Waals surface area contributed by atoms with E-state index in [-0.39, 0.29) is 12.1 Å². The molecular weight excluding hydrogens is 373 g/mol. The summed E-state index contributed by atoms with van der Waals surface area (Å²) in [6.45, 7) is 0.747. The van der Waals surface area contributed by atoms with E-state index in [2.05, 4.69) is 15.9 Å². The number of hydrogen-bond acceptors (Lipinski definition) is 4. The van der Waals surface area contributed by atoms with Crippen molar-refractivity contribution in [2.75, 3.05) is 11.4 Å². The molecule has 1 amide bonds. The van der Waals surface area contributed by atoms with Crippen molar-refractivity contribution in [2.45, 2.75) is 24.0 Å². The van der Waals surface area contributed by atoms with Crippen LogP contribution in [0.25, 0.3) is 0 Å². The van der Waals surface area contributed by atoms with E-state index in [9.17, 15) is 33.2 Å². The van der Waals surface area contributed by atoms with Gasteiger partial charge in [0.25, 0.3) is 4.45 Å². The Kier molecular flexibility index (Phi) is 5.39. The van der Waals surface area contributed by atoms with Crippen molar-refractivity contribution < 1.29 is 28.0 Å². The highest BCUT2D eigenvalue weighted by molar-refractivity contribution is 9.10. The third kappa shape index (κ3) is 4.09. The molecule has 6 nitrogen and oxygen atoms in total. The van der Waals surface area contributed by atoms with E-state index in [1.807, 2.05) is 0 Å². The Hall–Kier alpha value is -1.84. The summed E-state index contributed by atoms with van der Waals surface area (Å²) in [4.78, 5) is 21.8. The number of hydrogen-bond donors (Lipinski definition) is 0. The second-order valence-corrected chi connectivity index (χ2v) is 5.90. The summed E-state index contributed by atoms with van der Waals surface area (Å²) >= 11 is 2.82. The van der Waals surface area contributed by atoms with Crippen LogP contribution in [0.5, 0.6) is 0 Å². The lowest BCUT2D eigenvalue weighted by Crippen LogP contribution is -2.50. The van der Waals surface area contributed by atoms with Crippen LogP contribution in [0, 0.1) is 10.1 Å². The first-order valence-electron chi connectivity index (χ1n) is 6.00. The van der Waals surface area contributed by atoms with Crippen LogP contribution in [0.1, 0.15) is 18.9 Å². The Morgan fingerprint density at radius 3 is 2.41 bits per heavy atom. The van der Waals surface area contributed by atoms with Gasteiger partial charge in [-0.3, -0.25) is 10.1 Å². The number of rotatable bonds is 5. The fourth-order valence-electron chi connectivity index (χ4n) is 1.65. The zero-order chi connectivity index (χ0) is 17.1. The topological polar surface area (TPSA) is 86.5 Å². The number of nitrogens with zero attached hydrogens (tertiary/aromatic N) is 2. The minimum Gasteiger partial charge on any atom is -0.530 e. The Balaban J connectivity index is 3.23. The number of carbonyl (C=O) groups is 1. The molecule has 1 rings (SSSR count). The molecule has 0 bridgehead atoms. The Morgan fingerprint density at radius 2 is 2.00 bits per heavy atom. The van der Waals surface area contributed by atoms with Gasteiger partial charge in [0.15, 0.2) is 0 Å². The lowest BCUT2D eigenvalue weighted by Gasteiger charge is -2.30. The minimum absolute atomic E-state index is 0.0806. The second kappa shape index (κ2) is 6.51. The molecule has 0 saturated heterocycles. The van der Waals surface area contributed by atoms with Gasteiger partial charge in [-0.25, -0.2) is 0 Å². The van der Waals surface area contributed by atoms with Crippen LogP contribution in [-0.2, 0) is 6.18 Å².